The van der Waals surface area contributed by atoms with E-state index in [-0.39, 0.29) is 5.91 Å². The predicted octanol–water partition coefficient (Wildman–Crippen LogP) is 1.37. The van der Waals surface area contributed by atoms with E-state index in [1.165, 1.54) is 6.20 Å². The van der Waals surface area contributed by atoms with Crippen LogP contribution >= 0.6 is 0 Å². The fourth-order valence-corrected chi connectivity index (χ4v) is 1.86. The van der Waals surface area contributed by atoms with E-state index >= 15 is 0 Å². The van der Waals surface area contributed by atoms with Crippen molar-refractivity contribution in [3.63, 3.8) is 0 Å². The first-order valence-corrected chi connectivity index (χ1v) is 6.56. The Balaban J connectivity index is 2.54. The Bertz CT molecular complexity index is 400. The highest BCUT2D eigenvalue weighted by atomic mass is 16.1. The summed E-state index contributed by atoms with van der Waals surface area (Å²) in [6, 6.07) is 3.65. The van der Waals surface area contributed by atoms with Gasteiger partial charge < -0.3 is 16.0 Å². The lowest BCUT2D eigenvalue weighted by Gasteiger charge is -2.26. The van der Waals surface area contributed by atoms with Crippen molar-refractivity contribution in [3.05, 3.63) is 24.0 Å². The SMILES string of the molecule is CC(C)CC(CNC(=O)c1ccc(N)cn1)N(C)C. The topological polar surface area (TPSA) is 71.2 Å². The lowest BCUT2D eigenvalue weighted by molar-refractivity contribution is 0.0933. The van der Waals surface area contributed by atoms with Gasteiger partial charge in [0, 0.05) is 12.6 Å². The second-order valence-electron chi connectivity index (χ2n) is 5.43. The Labute approximate surface area is 115 Å². The quantitative estimate of drug-likeness (QED) is 0.814. The molecule has 1 amide bonds. The Morgan fingerprint density at radius 1 is 1.42 bits per heavy atom. The maximum atomic E-state index is 11.9. The molecular weight excluding hydrogens is 240 g/mol. The number of likely N-dealkylation sites (N-methyl/N-ethyl adjacent to an activating group) is 1. The highest BCUT2D eigenvalue weighted by Crippen LogP contribution is 2.08. The van der Waals surface area contributed by atoms with Gasteiger partial charge in [-0.1, -0.05) is 13.8 Å². The zero-order chi connectivity index (χ0) is 14.4. The van der Waals surface area contributed by atoms with Crippen LogP contribution in [0.2, 0.25) is 0 Å². The van der Waals surface area contributed by atoms with Crippen LogP contribution in [0.25, 0.3) is 0 Å². The van der Waals surface area contributed by atoms with Crippen LogP contribution in [0, 0.1) is 5.92 Å². The van der Waals surface area contributed by atoms with Crippen LogP contribution in [-0.4, -0.2) is 42.5 Å². The molecule has 5 heteroatoms. The van der Waals surface area contributed by atoms with Gasteiger partial charge in [0.25, 0.3) is 5.91 Å². The number of nitrogens with one attached hydrogen (secondary N) is 1. The molecule has 0 saturated heterocycles. The van der Waals surface area contributed by atoms with Crippen molar-refractivity contribution in [1.29, 1.82) is 0 Å². The third-order valence-electron chi connectivity index (χ3n) is 2.99. The van der Waals surface area contributed by atoms with Crippen molar-refractivity contribution in [2.24, 2.45) is 5.92 Å². The third kappa shape index (κ3) is 5.26. The van der Waals surface area contributed by atoms with Gasteiger partial charge in [0.15, 0.2) is 0 Å². The van der Waals surface area contributed by atoms with Crippen molar-refractivity contribution in [2.45, 2.75) is 26.3 Å². The number of rotatable bonds is 6. The van der Waals surface area contributed by atoms with Crippen LogP contribution < -0.4 is 11.1 Å². The number of nitrogens with zero attached hydrogens (tertiary/aromatic N) is 2. The van der Waals surface area contributed by atoms with E-state index in [1.54, 1.807) is 12.1 Å². The zero-order valence-electron chi connectivity index (χ0n) is 12.2. The van der Waals surface area contributed by atoms with Gasteiger partial charge in [0.1, 0.15) is 5.69 Å². The molecule has 1 rings (SSSR count). The maximum Gasteiger partial charge on any atom is 0.269 e. The Morgan fingerprint density at radius 3 is 2.58 bits per heavy atom. The Kier molecular flexibility index (Phi) is 5.76. The minimum Gasteiger partial charge on any atom is -0.397 e. The summed E-state index contributed by atoms with van der Waals surface area (Å²) in [6.45, 7) is 4.98. The van der Waals surface area contributed by atoms with Gasteiger partial charge in [-0.2, -0.15) is 0 Å². The summed E-state index contributed by atoms with van der Waals surface area (Å²) in [4.78, 5) is 18.1. The Hall–Kier alpha value is -1.62. The summed E-state index contributed by atoms with van der Waals surface area (Å²) in [5, 5.41) is 2.92. The van der Waals surface area contributed by atoms with E-state index in [9.17, 15) is 4.79 Å². The van der Waals surface area contributed by atoms with Gasteiger partial charge >= 0.3 is 0 Å². The summed E-state index contributed by atoms with van der Waals surface area (Å²) in [5.74, 6) is 0.439. The summed E-state index contributed by atoms with van der Waals surface area (Å²) in [6.07, 6.45) is 2.54. The van der Waals surface area contributed by atoms with E-state index in [2.05, 4.69) is 29.0 Å². The molecule has 0 aliphatic rings. The molecule has 1 atom stereocenters. The van der Waals surface area contributed by atoms with E-state index < -0.39 is 0 Å². The van der Waals surface area contributed by atoms with Crippen molar-refractivity contribution in [3.8, 4) is 0 Å². The number of nitrogens with two attached hydrogens (primary N) is 1. The third-order valence-corrected chi connectivity index (χ3v) is 2.99. The van der Waals surface area contributed by atoms with Gasteiger partial charge in [-0.3, -0.25) is 4.79 Å². The highest BCUT2D eigenvalue weighted by molar-refractivity contribution is 5.92. The normalized spacial score (nSPS) is 12.7. The molecule has 1 aromatic heterocycles. The van der Waals surface area contributed by atoms with Crippen LogP contribution in [0.5, 0.6) is 0 Å². The van der Waals surface area contributed by atoms with Gasteiger partial charge in [-0.15, -0.1) is 0 Å². The van der Waals surface area contributed by atoms with E-state index in [1.807, 2.05) is 14.1 Å². The van der Waals surface area contributed by atoms with Crippen LogP contribution in [0.15, 0.2) is 18.3 Å². The molecule has 5 nitrogen and oxygen atoms in total. The molecule has 3 N–H and O–H groups in total. The average Bonchev–Trinajstić information content (AvgIpc) is 2.34. The number of carbonyl (C=O) groups is 1. The number of nitrogen functional groups attached to an aromatic ring is 1. The number of carbonyl (C=O) groups excluding carboxylic acids is 1. The molecular formula is C14H24N4O. The molecule has 1 unspecified atom stereocenters. The fourth-order valence-electron chi connectivity index (χ4n) is 1.86. The fraction of sp³-hybridized carbons (Fsp3) is 0.571. The van der Waals surface area contributed by atoms with E-state index in [4.69, 9.17) is 5.73 Å². The molecule has 0 fully saturated rings. The van der Waals surface area contributed by atoms with E-state index in [0.29, 0.717) is 29.9 Å². The first kappa shape index (κ1) is 15.4. The summed E-state index contributed by atoms with van der Waals surface area (Å²) in [7, 11) is 4.06. The molecule has 0 aliphatic carbocycles. The molecule has 0 radical (unpaired) electrons. The molecule has 0 aromatic carbocycles. The molecule has 106 valence electrons. The first-order chi connectivity index (χ1) is 8.90. The molecule has 0 saturated carbocycles. The number of anilines is 1. The molecule has 1 heterocycles. The number of hydrogen-bond acceptors (Lipinski definition) is 4. The smallest absolute Gasteiger partial charge is 0.269 e. The largest absolute Gasteiger partial charge is 0.397 e. The van der Waals surface area contributed by atoms with Gasteiger partial charge in [0.05, 0.1) is 11.9 Å². The first-order valence-electron chi connectivity index (χ1n) is 6.56. The predicted molar refractivity (Wildman–Crippen MR) is 77.9 cm³/mol. The van der Waals surface area contributed by atoms with E-state index in [0.717, 1.165) is 6.42 Å². The highest BCUT2D eigenvalue weighted by Gasteiger charge is 2.15. The van der Waals surface area contributed by atoms with Crippen molar-refractivity contribution >= 4 is 11.6 Å². The molecule has 0 spiro atoms. The lowest BCUT2D eigenvalue weighted by atomic mass is 10.0. The summed E-state index contributed by atoms with van der Waals surface area (Å²) < 4.78 is 0. The minimum atomic E-state index is -0.157. The molecule has 1 aromatic rings. The number of amides is 1. The number of hydrogen-bond donors (Lipinski definition) is 2. The zero-order valence-corrected chi connectivity index (χ0v) is 12.2. The summed E-state index contributed by atoms with van der Waals surface area (Å²) >= 11 is 0. The van der Waals surface area contributed by atoms with Crippen LogP contribution in [0.3, 0.4) is 0 Å². The van der Waals surface area contributed by atoms with Crippen LogP contribution in [0.1, 0.15) is 30.8 Å². The standard InChI is InChI=1S/C14H24N4O/c1-10(2)7-12(18(3)4)9-17-14(19)13-6-5-11(15)8-16-13/h5-6,8,10,12H,7,9,15H2,1-4H3,(H,17,19). The molecule has 19 heavy (non-hydrogen) atoms. The maximum absolute atomic E-state index is 11.9. The van der Waals surface area contributed by atoms with Crippen molar-refractivity contribution in [2.75, 3.05) is 26.4 Å². The average molecular weight is 264 g/mol. The van der Waals surface area contributed by atoms with Gasteiger partial charge in [-0.25, -0.2) is 4.98 Å². The van der Waals surface area contributed by atoms with Crippen LogP contribution in [-0.2, 0) is 0 Å². The number of pyridine rings is 1. The van der Waals surface area contributed by atoms with Crippen molar-refractivity contribution in [1.82, 2.24) is 15.2 Å². The monoisotopic (exact) mass is 264 g/mol. The second kappa shape index (κ2) is 7.09. The van der Waals surface area contributed by atoms with Crippen molar-refractivity contribution < 1.29 is 4.79 Å². The molecule has 0 aliphatic heterocycles. The lowest BCUT2D eigenvalue weighted by Crippen LogP contribution is -2.41. The van der Waals surface area contributed by atoms with Gasteiger partial charge in [0.2, 0.25) is 0 Å². The van der Waals surface area contributed by atoms with Gasteiger partial charge in [-0.05, 0) is 38.6 Å². The Morgan fingerprint density at radius 2 is 2.11 bits per heavy atom. The minimum absolute atomic E-state index is 0.157. The molecule has 0 bridgehead atoms. The second-order valence-corrected chi connectivity index (χ2v) is 5.43. The number of aromatic nitrogens is 1. The van der Waals surface area contributed by atoms with Crippen LogP contribution in [0.4, 0.5) is 5.69 Å². The summed E-state index contributed by atoms with van der Waals surface area (Å²) in [5.41, 5.74) is 6.50.